The third-order valence-corrected chi connectivity index (χ3v) is 1.65. The molecule has 0 radical (unpaired) electrons. The van der Waals surface area contributed by atoms with E-state index in [1.165, 1.54) is 0 Å². The normalized spacial score (nSPS) is 11.0. The van der Waals surface area contributed by atoms with Crippen LogP contribution in [-0.2, 0) is 14.3 Å². The molecular weight excluding hydrogens is 182 g/mol. The fourth-order valence-corrected chi connectivity index (χ4v) is 1.08. The third kappa shape index (κ3) is 8.01. The van der Waals surface area contributed by atoms with Crippen LogP contribution in [0.1, 0.15) is 20.3 Å². The average molecular weight is 203 g/mol. The molecule has 4 heteroatoms. The van der Waals surface area contributed by atoms with E-state index >= 15 is 0 Å². The van der Waals surface area contributed by atoms with Crippen molar-refractivity contribution in [2.24, 2.45) is 0 Å². The highest BCUT2D eigenvalue weighted by atomic mass is 16.5. The van der Waals surface area contributed by atoms with Crippen molar-refractivity contribution in [2.75, 3.05) is 33.9 Å². The van der Waals surface area contributed by atoms with E-state index in [-0.39, 0.29) is 12.1 Å². The molecule has 0 aromatic carbocycles. The maximum Gasteiger partial charge on any atom is 0.320 e. The van der Waals surface area contributed by atoms with Gasteiger partial charge in [0.15, 0.2) is 0 Å². The first-order chi connectivity index (χ1) is 6.56. The fourth-order valence-electron chi connectivity index (χ4n) is 1.08. The topological polar surface area (TPSA) is 38.8 Å². The van der Waals surface area contributed by atoms with Crippen LogP contribution in [0.3, 0.4) is 0 Å². The average Bonchev–Trinajstić information content (AvgIpc) is 2.02. The van der Waals surface area contributed by atoms with Crippen LogP contribution in [-0.4, -0.2) is 50.8 Å². The van der Waals surface area contributed by atoms with E-state index in [0.717, 1.165) is 19.6 Å². The van der Waals surface area contributed by atoms with Gasteiger partial charge >= 0.3 is 5.97 Å². The summed E-state index contributed by atoms with van der Waals surface area (Å²) in [4.78, 5) is 13.1. The zero-order valence-corrected chi connectivity index (χ0v) is 9.58. The summed E-state index contributed by atoms with van der Waals surface area (Å²) in [5.74, 6) is -0.167. The van der Waals surface area contributed by atoms with Gasteiger partial charge in [0.25, 0.3) is 0 Å². The Morgan fingerprint density at radius 2 is 2.07 bits per heavy atom. The minimum Gasteiger partial charge on any atom is -0.462 e. The molecule has 0 heterocycles. The summed E-state index contributed by atoms with van der Waals surface area (Å²) in [5, 5.41) is 0. The molecule has 0 bridgehead atoms. The van der Waals surface area contributed by atoms with Crippen molar-refractivity contribution in [1.82, 2.24) is 4.90 Å². The minimum atomic E-state index is -0.167. The number of likely N-dealkylation sites (N-methyl/N-ethyl adjacent to an activating group) is 1. The largest absolute Gasteiger partial charge is 0.462 e. The summed E-state index contributed by atoms with van der Waals surface area (Å²) in [5.41, 5.74) is 0. The summed E-state index contributed by atoms with van der Waals surface area (Å²) in [6, 6.07) is 0. The lowest BCUT2D eigenvalue weighted by molar-refractivity contribution is -0.148. The van der Waals surface area contributed by atoms with E-state index in [1.54, 1.807) is 7.11 Å². The third-order valence-electron chi connectivity index (χ3n) is 1.65. The van der Waals surface area contributed by atoms with E-state index in [4.69, 9.17) is 9.47 Å². The Labute approximate surface area is 86.2 Å². The summed E-state index contributed by atoms with van der Waals surface area (Å²) < 4.78 is 9.93. The number of ether oxygens (including phenoxy) is 2. The molecule has 0 spiro atoms. The zero-order chi connectivity index (χ0) is 11.0. The molecule has 0 aliphatic rings. The number of rotatable bonds is 7. The van der Waals surface area contributed by atoms with Crippen LogP contribution in [0.5, 0.6) is 0 Å². The summed E-state index contributed by atoms with van der Waals surface area (Å²) in [6.07, 6.45) is 0.900. The van der Waals surface area contributed by atoms with E-state index in [9.17, 15) is 4.79 Å². The molecule has 14 heavy (non-hydrogen) atoms. The van der Waals surface area contributed by atoms with Gasteiger partial charge in [-0.2, -0.15) is 0 Å². The Hall–Kier alpha value is -0.610. The van der Waals surface area contributed by atoms with Crippen LogP contribution in [0, 0.1) is 0 Å². The van der Waals surface area contributed by atoms with Gasteiger partial charge in [-0.3, -0.25) is 9.69 Å². The molecule has 0 fully saturated rings. The molecule has 0 N–H and O–H groups in total. The standard InChI is InChI=1S/C10H21NO3/c1-9(2)14-10(12)8-11(3)6-5-7-13-4/h9H,5-8H2,1-4H3. The van der Waals surface area contributed by atoms with Crippen LogP contribution in [0.4, 0.5) is 0 Å². The lowest BCUT2D eigenvalue weighted by Crippen LogP contribution is -2.30. The van der Waals surface area contributed by atoms with Crippen LogP contribution in [0.15, 0.2) is 0 Å². The van der Waals surface area contributed by atoms with Gasteiger partial charge in [0.2, 0.25) is 0 Å². The highest BCUT2D eigenvalue weighted by Crippen LogP contribution is 1.93. The van der Waals surface area contributed by atoms with Gasteiger partial charge in [0, 0.05) is 20.3 Å². The molecule has 84 valence electrons. The lowest BCUT2D eigenvalue weighted by Gasteiger charge is -2.16. The second kappa shape index (κ2) is 7.76. The highest BCUT2D eigenvalue weighted by Gasteiger charge is 2.08. The molecule has 0 aliphatic heterocycles. The van der Waals surface area contributed by atoms with Crippen molar-refractivity contribution in [1.29, 1.82) is 0 Å². The van der Waals surface area contributed by atoms with Crippen LogP contribution >= 0.6 is 0 Å². The smallest absolute Gasteiger partial charge is 0.320 e. The summed E-state index contributed by atoms with van der Waals surface area (Å²) in [7, 11) is 3.57. The maximum atomic E-state index is 11.2. The quantitative estimate of drug-likeness (QED) is 0.455. The Kier molecular flexibility index (Phi) is 7.42. The number of esters is 1. The Bertz CT molecular complexity index is 159. The monoisotopic (exact) mass is 203 g/mol. The molecule has 0 unspecified atom stereocenters. The molecule has 4 nitrogen and oxygen atoms in total. The molecular formula is C10H21NO3. The SMILES string of the molecule is COCCCN(C)CC(=O)OC(C)C. The van der Waals surface area contributed by atoms with Crippen molar-refractivity contribution in [3.63, 3.8) is 0 Å². The number of methoxy groups -OCH3 is 1. The van der Waals surface area contributed by atoms with E-state index in [2.05, 4.69) is 0 Å². The van der Waals surface area contributed by atoms with Crippen LogP contribution < -0.4 is 0 Å². The first kappa shape index (κ1) is 13.4. The molecule has 0 amide bonds. The van der Waals surface area contributed by atoms with Crippen LogP contribution in [0.2, 0.25) is 0 Å². The van der Waals surface area contributed by atoms with Gasteiger partial charge in [0.05, 0.1) is 12.6 Å². The Morgan fingerprint density at radius 1 is 1.43 bits per heavy atom. The van der Waals surface area contributed by atoms with Crippen LogP contribution in [0.25, 0.3) is 0 Å². The number of hydrogen-bond donors (Lipinski definition) is 0. The summed E-state index contributed by atoms with van der Waals surface area (Å²) >= 11 is 0. The van der Waals surface area contributed by atoms with E-state index < -0.39 is 0 Å². The maximum absolute atomic E-state index is 11.2. The molecule has 0 saturated heterocycles. The highest BCUT2D eigenvalue weighted by molar-refractivity contribution is 5.71. The van der Waals surface area contributed by atoms with Crippen molar-refractivity contribution in [3.05, 3.63) is 0 Å². The van der Waals surface area contributed by atoms with Crippen molar-refractivity contribution in [3.8, 4) is 0 Å². The second-order valence-electron chi connectivity index (χ2n) is 3.62. The van der Waals surface area contributed by atoms with Gasteiger partial charge in [0.1, 0.15) is 0 Å². The molecule has 0 saturated carbocycles. The van der Waals surface area contributed by atoms with Crippen molar-refractivity contribution >= 4 is 5.97 Å². The molecule has 0 atom stereocenters. The molecule has 0 aromatic heterocycles. The number of nitrogens with zero attached hydrogens (tertiary/aromatic N) is 1. The number of carbonyl (C=O) groups is 1. The summed E-state index contributed by atoms with van der Waals surface area (Å²) in [6.45, 7) is 5.62. The van der Waals surface area contributed by atoms with E-state index in [1.807, 2.05) is 25.8 Å². The number of hydrogen-bond acceptors (Lipinski definition) is 4. The predicted octanol–water partition coefficient (Wildman–Crippen LogP) is 0.906. The van der Waals surface area contributed by atoms with Gasteiger partial charge < -0.3 is 9.47 Å². The second-order valence-corrected chi connectivity index (χ2v) is 3.62. The van der Waals surface area contributed by atoms with E-state index in [0.29, 0.717) is 6.54 Å². The van der Waals surface area contributed by atoms with Gasteiger partial charge in [-0.15, -0.1) is 0 Å². The molecule has 0 aliphatic carbocycles. The Morgan fingerprint density at radius 3 is 2.57 bits per heavy atom. The molecule has 0 rings (SSSR count). The van der Waals surface area contributed by atoms with Gasteiger partial charge in [-0.1, -0.05) is 0 Å². The number of carbonyl (C=O) groups excluding carboxylic acids is 1. The van der Waals surface area contributed by atoms with Gasteiger partial charge in [-0.05, 0) is 27.3 Å². The minimum absolute atomic E-state index is 0.0325. The predicted molar refractivity (Wildman–Crippen MR) is 55.2 cm³/mol. The van der Waals surface area contributed by atoms with Gasteiger partial charge in [-0.25, -0.2) is 0 Å². The van der Waals surface area contributed by atoms with Crippen molar-refractivity contribution < 1.29 is 14.3 Å². The first-order valence-corrected chi connectivity index (χ1v) is 4.93. The Balaban J connectivity index is 3.50. The van der Waals surface area contributed by atoms with Crippen molar-refractivity contribution in [2.45, 2.75) is 26.4 Å². The fraction of sp³-hybridized carbons (Fsp3) is 0.900. The zero-order valence-electron chi connectivity index (χ0n) is 9.58. The molecule has 0 aromatic rings. The first-order valence-electron chi connectivity index (χ1n) is 4.93. The lowest BCUT2D eigenvalue weighted by atomic mass is 10.4.